The number of hydrogen-bond acceptors (Lipinski definition) is 1. The number of hydrogen-bond donors (Lipinski definition) is 0. The van der Waals surface area contributed by atoms with E-state index in [9.17, 15) is 0 Å². The Kier molecular flexibility index (Phi) is 8.47. The summed E-state index contributed by atoms with van der Waals surface area (Å²) in [4.78, 5) is 2.42. The van der Waals surface area contributed by atoms with Crippen molar-refractivity contribution in [3.05, 3.63) is 271 Å². The van der Waals surface area contributed by atoms with Gasteiger partial charge in [0, 0.05) is 17.1 Å². The Morgan fingerprint density at radius 3 is 1.11 bits per heavy atom. The summed E-state index contributed by atoms with van der Waals surface area (Å²) in [5, 5.41) is 0. The van der Waals surface area contributed by atoms with Gasteiger partial charge < -0.3 is 4.90 Å². The van der Waals surface area contributed by atoms with E-state index in [1.807, 2.05) is 0 Å². The van der Waals surface area contributed by atoms with E-state index in [2.05, 4.69) is 254 Å². The molecule has 0 saturated heterocycles. The van der Waals surface area contributed by atoms with Crippen LogP contribution >= 0.6 is 0 Å². The van der Waals surface area contributed by atoms with Crippen LogP contribution in [0.15, 0.2) is 249 Å². The first-order valence-corrected chi connectivity index (χ1v) is 21.5. The fourth-order valence-corrected chi connectivity index (χ4v) is 10.4. The monoisotopic (exact) mass is 787 g/mol. The van der Waals surface area contributed by atoms with Crippen molar-refractivity contribution in [3.63, 3.8) is 0 Å². The molecule has 290 valence electrons. The first-order chi connectivity index (χ1) is 30.8. The van der Waals surface area contributed by atoms with Gasteiger partial charge in [0.2, 0.25) is 0 Å². The fourth-order valence-electron chi connectivity index (χ4n) is 10.4. The van der Waals surface area contributed by atoms with Crippen molar-refractivity contribution in [1.82, 2.24) is 0 Å². The Morgan fingerprint density at radius 2 is 0.597 bits per heavy atom. The minimum absolute atomic E-state index is 0.415. The second-order valence-corrected chi connectivity index (χ2v) is 16.4. The van der Waals surface area contributed by atoms with E-state index in [0.717, 1.165) is 17.1 Å². The van der Waals surface area contributed by atoms with Crippen LogP contribution in [0.1, 0.15) is 22.3 Å². The van der Waals surface area contributed by atoms with Crippen molar-refractivity contribution in [2.24, 2.45) is 0 Å². The molecule has 0 atom stereocenters. The Labute approximate surface area is 363 Å². The molecule has 1 nitrogen and oxygen atoms in total. The van der Waals surface area contributed by atoms with Crippen LogP contribution in [0.3, 0.4) is 0 Å². The van der Waals surface area contributed by atoms with Gasteiger partial charge in [-0.25, -0.2) is 0 Å². The summed E-state index contributed by atoms with van der Waals surface area (Å²) < 4.78 is 0. The third-order valence-electron chi connectivity index (χ3n) is 13.1. The first-order valence-electron chi connectivity index (χ1n) is 21.5. The van der Waals surface area contributed by atoms with E-state index in [4.69, 9.17) is 0 Å². The minimum atomic E-state index is -0.415. The summed E-state index contributed by atoms with van der Waals surface area (Å²) in [6.07, 6.45) is 0. The number of nitrogens with zero attached hydrogens (tertiary/aromatic N) is 1. The highest BCUT2D eigenvalue weighted by molar-refractivity contribution is 6.01. The molecule has 0 amide bonds. The van der Waals surface area contributed by atoms with Gasteiger partial charge in [-0.2, -0.15) is 0 Å². The van der Waals surface area contributed by atoms with E-state index in [1.165, 1.54) is 89.0 Å². The molecule has 0 aromatic heterocycles. The molecule has 0 radical (unpaired) electrons. The number of benzene rings is 10. The van der Waals surface area contributed by atoms with Gasteiger partial charge in [0.25, 0.3) is 0 Å². The molecule has 0 bridgehead atoms. The van der Waals surface area contributed by atoms with Crippen molar-refractivity contribution in [2.75, 3.05) is 4.90 Å². The van der Waals surface area contributed by atoms with E-state index in [1.54, 1.807) is 0 Å². The SMILES string of the molecule is c1ccc(-c2ccc(N(c3ccc(-c4ccccc4)cc3)c3cc(-c4ccccc4)cc(-c4cccc5c4-c4ccccc4C54c5ccccc5-c5ccccc54)c3)cc2)cc1. The standard InChI is InChI=1S/C61H41N/c1-4-17-42(18-5-1)45-31-35-49(36-32-45)62(50-37-33-46(34-38-50)43-19-6-2-7-20-43)51-40-47(44-21-8-3-9-22-44)39-48(41-51)52-26-16-30-59-60(52)55-25-12-15-29-58(55)61(59)56-27-13-10-23-53(56)54-24-11-14-28-57(54)61/h1-41H. The zero-order chi connectivity index (χ0) is 41.0. The van der Waals surface area contributed by atoms with Crippen LogP contribution in [0.5, 0.6) is 0 Å². The Morgan fingerprint density at radius 1 is 0.226 bits per heavy atom. The van der Waals surface area contributed by atoms with E-state index in [-0.39, 0.29) is 0 Å². The maximum Gasteiger partial charge on any atom is 0.0725 e. The van der Waals surface area contributed by atoms with Crippen LogP contribution in [0.2, 0.25) is 0 Å². The van der Waals surface area contributed by atoms with Gasteiger partial charge in [-0.1, -0.05) is 206 Å². The van der Waals surface area contributed by atoms with Gasteiger partial charge in [0.1, 0.15) is 0 Å². The molecule has 62 heavy (non-hydrogen) atoms. The van der Waals surface area contributed by atoms with Crippen LogP contribution in [-0.2, 0) is 5.41 Å². The summed E-state index contributed by atoms with van der Waals surface area (Å²) in [6.45, 7) is 0. The first kappa shape index (κ1) is 35.9. The highest BCUT2D eigenvalue weighted by atomic mass is 15.1. The molecular weight excluding hydrogens is 747 g/mol. The highest BCUT2D eigenvalue weighted by Gasteiger charge is 2.52. The number of fused-ring (bicyclic) bond motifs is 10. The third-order valence-corrected chi connectivity index (χ3v) is 13.1. The molecule has 0 aliphatic heterocycles. The smallest absolute Gasteiger partial charge is 0.0725 e. The molecule has 10 aromatic carbocycles. The lowest BCUT2D eigenvalue weighted by atomic mass is 9.70. The van der Waals surface area contributed by atoms with Crippen molar-refractivity contribution in [1.29, 1.82) is 0 Å². The molecule has 1 heteroatoms. The Bertz CT molecular complexity index is 3130. The molecule has 12 rings (SSSR count). The molecule has 2 aliphatic rings. The second-order valence-electron chi connectivity index (χ2n) is 16.4. The molecule has 0 fully saturated rings. The largest absolute Gasteiger partial charge is 0.310 e. The molecule has 1 spiro atoms. The van der Waals surface area contributed by atoms with Crippen molar-refractivity contribution >= 4 is 17.1 Å². The molecule has 2 aliphatic carbocycles. The van der Waals surface area contributed by atoms with E-state index >= 15 is 0 Å². The van der Waals surface area contributed by atoms with Crippen LogP contribution in [-0.4, -0.2) is 0 Å². The summed E-state index contributed by atoms with van der Waals surface area (Å²) in [7, 11) is 0. The summed E-state index contributed by atoms with van der Waals surface area (Å²) in [5.41, 5.74) is 23.0. The molecule has 0 heterocycles. The van der Waals surface area contributed by atoms with Gasteiger partial charge in [0.05, 0.1) is 5.41 Å². The topological polar surface area (TPSA) is 3.24 Å². The van der Waals surface area contributed by atoms with Crippen LogP contribution in [0, 0.1) is 0 Å². The summed E-state index contributed by atoms with van der Waals surface area (Å²) in [5.74, 6) is 0. The van der Waals surface area contributed by atoms with Gasteiger partial charge in [0.15, 0.2) is 0 Å². The zero-order valence-corrected chi connectivity index (χ0v) is 34.1. The Balaban J connectivity index is 1.09. The van der Waals surface area contributed by atoms with Gasteiger partial charge in [-0.05, 0) is 131 Å². The van der Waals surface area contributed by atoms with Crippen molar-refractivity contribution in [3.8, 4) is 66.8 Å². The predicted molar refractivity (Wildman–Crippen MR) is 259 cm³/mol. The highest BCUT2D eigenvalue weighted by Crippen LogP contribution is 2.64. The van der Waals surface area contributed by atoms with E-state index < -0.39 is 5.41 Å². The quantitative estimate of drug-likeness (QED) is 0.155. The number of rotatable bonds is 7. The average Bonchev–Trinajstić information content (AvgIpc) is 3.83. The maximum atomic E-state index is 2.42. The molecule has 0 N–H and O–H groups in total. The number of anilines is 3. The second kappa shape index (κ2) is 14.6. The van der Waals surface area contributed by atoms with Gasteiger partial charge in [-0.3, -0.25) is 0 Å². The molecular formula is C61H41N. The minimum Gasteiger partial charge on any atom is -0.310 e. The van der Waals surface area contributed by atoms with Gasteiger partial charge >= 0.3 is 0 Å². The normalized spacial score (nSPS) is 12.6. The van der Waals surface area contributed by atoms with Crippen molar-refractivity contribution in [2.45, 2.75) is 5.41 Å². The van der Waals surface area contributed by atoms with E-state index in [0.29, 0.717) is 0 Å². The molecule has 10 aromatic rings. The average molecular weight is 788 g/mol. The van der Waals surface area contributed by atoms with Crippen LogP contribution in [0.25, 0.3) is 66.8 Å². The summed E-state index contributed by atoms with van der Waals surface area (Å²) >= 11 is 0. The zero-order valence-electron chi connectivity index (χ0n) is 34.1. The lowest BCUT2D eigenvalue weighted by Crippen LogP contribution is -2.25. The fraction of sp³-hybridized carbons (Fsp3) is 0.0164. The summed E-state index contributed by atoms with van der Waals surface area (Å²) in [6, 6.07) is 91.5. The maximum absolute atomic E-state index is 2.42. The molecule has 0 unspecified atom stereocenters. The lowest BCUT2D eigenvalue weighted by molar-refractivity contribution is 0.794. The third kappa shape index (κ3) is 5.63. The van der Waals surface area contributed by atoms with Crippen LogP contribution in [0.4, 0.5) is 17.1 Å². The van der Waals surface area contributed by atoms with Crippen LogP contribution < -0.4 is 4.90 Å². The van der Waals surface area contributed by atoms with Gasteiger partial charge in [-0.15, -0.1) is 0 Å². The molecule has 0 saturated carbocycles. The lowest BCUT2D eigenvalue weighted by Gasteiger charge is -2.30. The predicted octanol–water partition coefficient (Wildman–Crippen LogP) is 16.2. The van der Waals surface area contributed by atoms with Crippen molar-refractivity contribution < 1.29 is 0 Å². The Hall–Kier alpha value is -8.00.